The minimum absolute atomic E-state index is 0.515. The summed E-state index contributed by atoms with van der Waals surface area (Å²) in [7, 11) is 0. The monoisotopic (exact) mass is 204 g/mol. The first-order valence-electron chi connectivity index (χ1n) is 5.13. The van der Waals surface area contributed by atoms with Crippen molar-refractivity contribution < 1.29 is 4.74 Å². The number of morpholine rings is 1. The molecule has 0 unspecified atom stereocenters. The third kappa shape index (κ3) is 5.84. The molecule has 0 amide bonds. The minimum Gasteiger partial charge on any atom is -0.379 e. The molecule has 0 saturated carbocycles. The highest BCUT2D eigenvalue weighted by atomic mass is 16.5. The Hall–Kier alpha value is -1.37. The maximum absolute atomic E-state index is 8.27. The molecule has 1 aromatic carbocycles. The summed E-state index contributed by atoms with van der Waals surface area (Å²) in [6.07, 6.45) is 0.515. The van der Waals surface area contributed by atoms with E-state index in [1.54, 1.807) is 0 Å². The van der Waals surface area contributed by atoms with E-state index in [1.165, 1.54) is 0 Å². The van der Waals surface area contributed by atoms with Crippen LogP contribution in [0.3, 0.4) is 0 Å². The van der Waals surface area contributed by atoms with Crippen molar-refractivity contribution in [3.8, 4) is 6.07 Å². The Labute approximate surface area is 90.7 Å². The Morgan fingerprint density at radius 2 is 1.87 bits per heavy atom. The molecule has 1 saturated heterocycles. The second-order valence-corrected chi connectivity index (χ2v) is 3.18. The van der Waals surface area contributed by atoms with Gasteiger partial charge in [-0.05, 0) is 5.56 Å². The van der Waals surface area contributed by atoms with Gasteiger partial charge in [-0.1, -0.05) is 30.3 Å². The predicted molar refractivity (Wildman–Crippen MR) is 59.4 cm³/mol. The van der Waals surface area contributed by atoms with E-state index in [1.807, 2.05) is 30.3 Å². The Morgan fingerprint density at radius 1 is 1.20 bits per heavy atom. The van der Waals surface area contributed by atoms with Gasteiger partial charge < -0.3 is 10.1 Å². The first kappa shape index (κ1) is 11.7. The Balaban J connectivity index is 0.000000162. The number of hydrogen-bond acceptors (Lipinski definition) is 3. The van der Waals surface area contributed by atoms with Crippen LogP contribution in [0.2, 0.25) is 0 Å². The van der Waals surface area contributed by atoms with Crippen molar-refractivity contribution in [1.82, 2.24) is 5.32 Å². The molecule has 3 nitrogen and oxygen atoms in total. The first-order chi connectivity index (χ1) is 7.43. The van der Waals surface area contributed by atoms with Crippen LogP contribution in [0.25, 0.3) is 0 Å². The molecule has 1 fully saturated rings. The maximum atomic E-state index is 8.27. The van der Waals surface area contributed by atoms with Gasteiger partial charge in [0.1, 0.15) is 0 Å². The summed E-state index contributed by atoms with van der Waals surface area (Å²) in [6, 6.07) is 11.8. The quantitative estimate of drug-likeness (QED) is 0.751. The third-order valence-electron chi connectivity index (χ3n) is 1.97. The van der Waals surface area contributed by atoms with Crippen LogP contribution in [0.5, 0.6) is 0 Å². The highest BCUT2D eigenvalue weighted by molar-refractivity contribution is 5.17. The summed E-state index contributed by atoms with van der Waals surface area (Å²) in [5.41, 5.74) is 1.08. The van der Waals surface area contributed by atoms with Gasteiger partial charge in [0, 0.05) is 13.1 Å². The third-order valence-corrected chi connectivity index (χ3v) is 1.97. The Kier molecular flexibility index (Phi) is 6.23. The van der Waals surface area contributed by atoms with E-state index in [9.17, 15) is 0 Å². The summed E-state index contributed by atoms with van der Waals surface area (Å²) >= 11 is 0. The van der Waals surface area contributed by atoms with Crippen LogP contribution >= 0.6 is 0 Å². The van der Waals surface area contributed by atoms with Crippen LogP contribution < -0.4 is 5.32 Å². The van der Waals surface area contributed by atoms with Gasteiger partial charge in [0.15, 0.2) is 0 Å². The van der Waals surface area contributed by atoms with Crippen molar-refractivity contribution in [3.63, 3.8) is 0 Å². The lowest BCUT2D eigenvalue weighted by Gasteiger charge is -2.10. The highest BCUT2D eigenvalue weighted by Crippen LogP contribution is 1.96. The average molecular weight is 204 g/mol. The Bertz CT molecular complexity index is 277. The molecule has 0 aliphatic carbocycles. The zero-order valence-corrected chi connectivity index (χ0v) is 8.78. The van der Waals surface area contributed by atoms with E-state index >= 15 is 0 Å². The van der Waals surface area contributed by atoms with E-state index in [2.05, 4.69) is 11.4 Å². The fourth-order valence-corrected chi connectivity index (χ4v) is 1.20. The molecule has 0 aromatic heterocycles. The Morgan fingerprint density at radius 3 is 2.27 bits per heavy atom. The molecule has 0 radical (unpaired) electrons. The SMILES string of the molecule is C1COCCN1.N#CCc1ccccc1. The van der Waals surface area contributed by atoms with E-state index in [0.717, 1.165) is 31.9 Å². The van der Waals surface area contributed by atoms with Gasteiger partial charge >= 0.3 is 0 Å². The zero-order chi connectivity index (χ0) is 10.8. The smallest absolute Gasteiger partial charge is 0.0669 e. The van der Waals surface area contributed by atoms with E-state index < -0.39 is 0 Å². The fraction of sp³-hybridized carbons (Fsp3) is 0.417. The number of nitrogens with zero attached hydrogens (tertiary/aromatic N) is 1. The lowest BCUT2D eigenvalue weighted by Crippen LogP contribution is -2.30. The van der Waals surface area contributed by atoms with Crippen molar-refractivity contribution in [1.29, 1.82) is 5.26 Å². The number of nitrogens with one attached hydrogen (secondary N) is 1. The average Bonchev–Trinajstić information content (AvgIpc) is 2.34. The van der Waals surface area contributed by atoms with Crippen LogP contribution in [0, 0.1) is 11.3 Å². The largest absolute Gasteiger partial charge is 0.379 e. The molecule has 15 heavy (non-hydrogen) atoms. The summed E-state index contributed by atoms with van der Waals surface area (Å²) < 4.78 is 5.01. The van der Waals surface area contributed by atoms with Gasteiger partial charge in [0.2, 0.25) is 0 Å². The first-order valence-corrected chi connectivity index (χ1v) is 5.13. The van der Waals surface area contributed by atoms with Crippen molar-refractivity contribution in [2.24, 2.45) is 0 Å². The second-order valence-electron chi connectivity index (χ2n) is 3.18. The molecule has 0 spiro atoms. The molecule has 3 heteroatoms. The van der Waals surface area contributed by atoms with Gasteiger partial charge in [-0.15, -0.1) is 0 Å². The molecular weight excluding hydrogens is 188 g/mol. The lowest BCUT2D eigenvalue weighted by atomic mass is 10.2. The van der Waals surface area contributed by atoms with Gasteiger partial charge in [0.25, 0.3) is 0 Å². The second kappa shape index (κ2) is 7.98. The van der Waals surface area contributed by atoms with Crippen molar-refractivity contribution in [3.05, 3.63) is 35.9 Å². The summed E-state index contributed by atoms with van der Waals surface area (Å²) in [4.78, 5) is 0. The van der Waals surface area contributed by atoms with E-state index in [4.69, 9.17) is 10.00 Å². The van der Waals surface area contributed by atoms with E-state index in [0.29, 0.717) is 6.42 Å². The van der Waals surface area contributed by atoms with Crippen molar-refractivity contribution in [2.45, 2.75) is 6.42 Å². The van der Waals surface area contributed by atoms with Crippen molar-refractivity contribution in [2.75, 3.05) is 26.3 Å². The van der Waals surface area contributed by atoms with Crippen LogP contribution in [0.4, 0.5) is 0 Å². The van der Waals surface area contributed by atoms with Gasteiger partial charge in [0.05, 0.1) is 25.7 Å². The fourth-order valence-electron chi connectivity index (χ4n) is 1.20. The lowest BCUT2D eigenvalue weighted by molar-refractivity contribution is 0.109. The van der Waals surface area contributed by atoms with Crippen molar-refractivity contribution >= 4 is 0 Å². The van der Waals surface area contributed by atoms with E-state index in [-0.39, 0.29) is 0 Å². The van der Waals surface area contributed by atoms with Gasteiger partial charge in [-0.25, -0.2) is 0 Å². The molecule has 80 valence electrons. The molecular formula is C12H16N2O. The standard InChI is InChI=1S/C8H7N.C4H9NO/c9-7-6-8-4-2-1-3-5-8;1-3-6-4-2-5-1/h1-5H,6H2;5H,1-4H2. The molecule has 1 aliphatic rings. The number of rotatable bonds is 1. The predicted octanol–water partition coefficient (Wildman–Crippen LogP) is 1.36. The van der Waals surface area contributed by atoms with Gasteiger partial charge in [-0.2, -0.15) is 5.26 Å². The highest BCUT2D eigenvalue weighted by Gasteiger charge is 1.92. The van der Waals surface area contributed by atoms with Crippen LogP contribution in [0.15, 0.2) is 30.3 Å². The normalized spacial score (nSPS) is 14.6. The summed E-state index contributed by atoms with van der Waals surface area (Å²) in [6.45, 7) is 3.83. The van der Waals surface area contributed by atoms with Crippen LogP contribution in [0.1, 0.15) is 5.56 Å². The molecule has 2 rings (SSSR count). The molecule has 0 atom stereocenters. The number of hydrogen-bond donors (Lipinski definition) is 1. The number of benzene rings is 1. The minimum atomic E-state index is 0.515. The van der Waals surface area contributed by atoms with Crippen LogP contribution in [-0.2, 0) is 11.2 Å². The van der Waals surface area contributed by atoms with Crippen LogP contribution in [-0.4, -0.2) is 26.3 Å². The molecule has 1 aromatic rings. The molecule has 1 aliphatic heterocycles. The summed E-state index contributed by atoms with van der Waals surface area (Å²) in [5.74, 6) is 0. The number of ether oxygens (including phenoxy) is 1. The summed E-state index contributed by atoms with van der Waals surface area (Å²) in [5, 5.41) is 11.4. The zero-order valence-electron chi connectivity index (χ0n) is 8.78. The van der Waals surface area contributed by atoms with Gasteiger partial charge in [-0.3, -0.25) is 0 Å². The molecule has 1 N–H and O–H groups in total. The molecule has 0 bridgehead atoms. The number of nitriles is 1. The molecule has 1 heterocycles. The topological polar surface area (TPSA) is 45.0 Å². The maximum Gasteiger partial charge on any atom is 0.0669 e.